The normalized spacial score (nSPS) is 47.4. The summed E-state index contributed by atoms with van der Waals surface area (Å²) in [5.41, 5.74) is 0. The van der Waals surface area contributed by atoms with Gasteiger partial charge in [-0.05, 0) is 5.25 Å². The van der Waals surface area contributed by atoms with Gasteiger partial charge in [-0.25, -0.2) is 0 Å². The first kappa shape index (κ1) is 10.7. The standard InChI is InChI=1S/C9H16O4S/c1-4(2)14-8-7(11)6(10)5-3-12-9(8)13-5/h4-11H,3H2,1-2H3/t5-,6-,7+,8-,9-/m1/s1. The molecule has 4 nitrogen and oxygen atoms in total. The van der Waals surface area contributed by atoms with Crippen LogP contribution in [0.15, 0.2) is 0 Å². The molecule has 0 aliphatic carbocycles. The topological polar surface area (TPSA) is 58.9 Å². The minimum atomic E-state index is -0.815. The van der Waals surface area contributed by atoms with Gasteiger partial charge in [0.1, 0.15) is 12.2 Å². The van der Waals surface area contributed by atoms with E-state index in [1.54, 1.807) is 11.8 Å². The van der Waals surface area contributed by atoms with Crippen molar-refractivity contribution in [1.82, 2.24) is 0 Å². The third-order valence-electron chi connectivity index (χ3n) is 2.50. The van der Waals surface area contributed by atoms with Crippen LogP contribution in [0.4, 0.5) is 0 Å². The molecule has 0 aromatic heterocycles. The van der Waals surface area contributed by atoms with E-state index in [0.717, 1.165) is 0 Å². The Bertz CT molecular complexity index is 211. The molecular weight excluding hydrogens is 204 g/mol. The van der Waals surface area contributed by atoms with Crippen molar-refractivity contribution in [2.45, 2.75) is 48.9 Å². The maximum atomic E-state index is 9.84. The van der Waals surface area contributed by atoms with Crippen LogP contribution in [0.3, 0.4) is 0 Å². The highest BCUT2D eigenvalue weighted by Gasteiger charge is 2.49. The Kier molecular flexibility index (Phi) is 3.04. The summed E-state index contributed by atoms with van der Waals surface area (Å²) in [4.78, 5) is 0. The summed E-state index contributed by atoms with van der Waals surface area (Å²) < 4.78 is 10.8. The molecule has 0 saturated carbocycles. The van der Waals surface area contributed by atoms with Crippen LogP contribution in [0, 0.1) is 0 Å². The van der Waals surface area contributed by atoms with Crippen LogP contribution < -0.4 is 0 Å². The molecule has 14 heavy (non-hydrogen) atoms. The summed E-state index contributed by atoms with van der Waals surface area (Å²) in [7, 11) is 0. The molecule has 2 heterocycles. The van der Waals surface area contributed by atoms with Crippen LogP contribution in [0.25, 0.3) is 0 Å². The summed E-state index contributed by atoms with van der Waals surface area (Å²) in [5.74, 6) is 0. The molecule has 0 amide bonds. The Balaban J connectivity index is 2.07. The third kappa shape index (κ3) is 1.79. The monoisotopic (exact) mass is 220 g/mol. The van der Waals surface area contributed by atoms with Crippen molar-refractivity contribution in [3.63, 3.8) is 0 Å². The van der Waals surface area contributed by atoms with Crippen LogP contribution in [0.1, 0.15) is 13.8 Å². The Morgan fingerprint density at radius 3 is 2.64 bits per heavy atom. The smallest absolute Gasteiger partial charge is 0.172 e. The van der Waals surface area contributed by atoms with Crippen LogP contribution in [-0.4, -0.2) is 51.9 Å². The van der Waals surface area contributed by atoms with E-state index in [9.17, 15) is 10.2 Å². The molecule has 2 saturated heterocycles. The second kappa shape index (κ2) is 3.98. The molecular formula is C9H16O4S. The lowest BCUT2D eigenvalue weighted by Crippen LogP contribution is -2.52. The van der Waals surface area contributed by atoms with Crippen molar-refractivity contribution in [2.24, 2.45) is 0 Å². The summed E-state index contributed by atoms with van der Waals surface area (Å²) in [6, 6.07) is 0. The molecule has 0 aromatic rings. The van der Waals surface area contributed by atoms with Crippen LogP contribution >= 0.6 is 11.8 Å². The number of hydrogen-bond donors (Lipinski definition) is 2. The summed E-state index contributed by atoms with van der Waals surface area (Å²) in [6.07, 6.45) is -2.26. The molecule has 2 aliphatic heterocycles. The lowest BCUT2D eigenvalue weighted by molar-refractivity contribution is -0.160. The molecule has 2 bridgehead atoms. The van der Waals surface area contributed by atoms with Crippen LogP contribution in [0.2, 0.25) is 0 Å². The first-order chi connectivity index (χ1) is 6.59. The van der Waals surface area contributed by atoms with E-state index in [-0.39, 0.29) is 17.6 Å². The minimum Gasteiger partial charge on any atom is -0.389 e. The molecule has 2 N–H and O–H groups in total. The lowest BCUT2D eigenvalue weighted by atomic mass is 10.0. The van der Waals surface area contributed by atoms with Crippen LogP contribution in [-0.2, 0) is 9.47 Å². The first-order valence-electron chi connectivity index (χ1n) is 4.88. The van der Waals surface area contributed by atoms with Crippen molar-refractivity contribution in [2.75, 3.05) is 6.61 Å². The predicted octanol–water partition coefficient (Wildman–Crippen LogP) is -0.0265. The van der Waals surface area contributed by atoms with Gasteiger partial charge in [0.25, 0.3) is 0 Å². The lowest BCUT2D eigenvalue weighted by Gasteiger charge is -2.35. The van der Waals surface area contributed by atoms with E-state index in [0.29, 0.717) is 11.9 Å². The summed E-state index contributed by atoms with van der Waals surface area (Å²) in [5, 5.41) is 19.7. The van der Waals surface area contributed by atoms with Gasteiger partial charge in [-0.3, -0.25) is 0 Å². The Hall–Kier alpha value is 0.190. The van der Waals surface area contributed by atoms with Crippen molar-refractivity contribution in [3.05, 3.63) is 0 Å². The highest BCUT2D eigenvalue weighted by molar-refractivity contribution is 8.00. The van der Waals surface area contributed by atoms with Crippen molar-refractivity contribution >= 4 is 11.8 Å². The molecule has 0 radical (unpaired) electrons. The van der Waals surface area contributed by atoms with Gasteiger partial charge in [-0.15, -0.1) is 11.8 Å². The van der Waals surface area contributed by atoms with Gasteiger partial charge in [-0.1, -0.05) is 13.8 Å². The molecule has 0 unspecified atom stereocenters. The predicted molar refractivity (Wildman–Crippen MR) is 53.1 cm³/mol. The van der Waals surface area contributed by atoms with E-state index in [1.165, 1.54) is 0 Å². The second-order valence-corrected chi connectivity index (χ2v) is 5.77. The minimum absolute atomic E-state index is 0.177. The number of rotatable bonds is 2. The fourth-order valence-electron chi connectivity index (χ4n) is 1.83. The van der Waals surface area contributed by atoms with E-state index < -0.39 is 12.2 Å². The summed E-state index contributed by atoms with van der Waals surface area (Å²) in [6.45, 7) is 4.48. The van der Waals surface area contributed by atoms with Crippen molar-refractivity contribution in [3.8, 4) is 0 Å². The number of aliphatic hydroxyl groups is 2. The van der Waals surface area contributed by atoms with E-state index in [2.05, 4.69) is 0 Å². The summed E-state index contributed by atoms with van der Waals surface area (Å²) >= 11 is 1.59. The maximum Gasteiger partial charge on any atom is 0.172 e. The van der Waals surface area contributed by atoms with Gasteiger partial charge in [0.05, 0.1) is 18.0 Å². The Labute approximate surface area is 87.6 Å². The molecule has 2 fully saturated rings. The van der Waals surface area contributed by atoms with Gasteiger partial charge < -0.3 is 19.7 Å². The zero-order valence-corrected chi connectivity index (χ0v) is 9.11. The number of aliphatic hydroxyl groups excluding tert-OH is 2. The Morgan fingerprint density at radius 2 is 2.00 bits per heavy atom. The molecule has 5 heteroatoms. The zero-order chi connectivity index (χ0) is 10.3. The quantitative estimate of drug-likeness (QED) is 0.684. The second-order valence-electron chi connectivity index (χ2n) is 4.01. The zero-order valence-electron chi connectivity index (χ0n) is 8.29. The SMILES string of the molecule is CC(C)S[C@H]1[C@@H]2OC[C@@H](O2)[C@@H](O)[C@@H]1O. The van der Waals surface area contributed by atoms with Crippen molar-refractivity contribution < 1.29 is 19.7 Å². The fraction of sp³-hybridized carbons (Fsp3) is 1.00. The molecule has 0 aromatic carbocycles. The largest absolute Gasteiger partial charge is 0.389 e. The number of hydrogen-bond acceptors (Lipinski definition) is 5. The van der Waals surface area contributed by atoms with E-state index in [4.69, 9.17) is 9.47 Å². The molecule has 82 valence electrons. The number of ether oxygens (including phenoxy) is 2. The van der Waals surface area contributed by atoms with E-state index in [1.807, 2.05) is 13.8 Å². The van der Waals surface area contributed by atoms with Gasteiger partial charge in [0, 0.05) is 0 Å². The fourth-order valence-corrected chi connectivity index (χ4v) is 3.05. The average molecular weight is 220 g/mol. The molecule has 5 atom stereocenters. The van der Waals surface area contributed by atoms with E-state index >= 15 is 0 Å². The van der Waals surface area contributed by atoms with Gasteiger partial charge >= 0.3 is 0 Å². The maximum absolute atomic E-state index is 9.84. The molecule has 0 spiro atoms. The molecule has 2 aliphatic rings. The van der Waals surface area contributed by atoms with Gasteiger partial charge in [0.15, 0.2) is 6.29 Å². The highest BCUT2D eigenvalue weighted by Crippen LogP contribution is 2.36. The van der Waals surface area contributed by atoms with Gasteiger partial charge in [0.2, 0.25) is 0 Å². The first-order valence-corrected chi connectivity index (χ1v) is 5.82. The molecule has 2 rings (SSSR count). The number of fused-ring (bicyclic) bond motifs is 2. The highest BCUT2D eigenvalue weighted by atomic mass is 32.2. The Morgan fingerprint density at radius 1 is 1.29 bits per heavy atom. The van der Waals surface area contributed by atoms with Crippen molar-refractivity contribution in [1.29, 1.82) is 0 Å². The van der Waals surface area contributed by atoms with Crippen LogP contribution in [0.5, 0.6) is 0 Å². The third-order valence-corrected chi connectivity index (χ3v) is 3.86. The van der Waals surface area contributed by atoms with Gasteiger partial charge in [-0.2, -0.15) is 0 Å². The number of thioether (sulfide) groups is 1. The average Bonchev–Trinajstić information content (AvgIpc) is 2.55.